The van der Waals surface area contributed by atoms with Crippen LogP contribution in [-0.2, 0) is 6.54 Å². The lowest BCUT2D eigenvalue weighted by Crippen LogP contribution is -2.33. The molecule has 3 nitrogen and oxygen atoms in total. The zero-order valence-electron chi connectivity index (χ0n) is 13.5. The van der Waals surface area contributed by atoms with Crippen LogP contribution in [0.4, 0.5) is 10.1 Å². The second kappa shape index (κ2) is 7.76. The number of likely N-dealkylation sites (N-methyl/N-ethyl adjacent to an activating group) is 1. The van der Waals surface area contributed by atoms with Crippen molar-refractivity contribution in [2.45, 2.75) is 38.8 Å². The van der Waals surface area contributed by atoms with Crippen LogP contribution in [0.5, 0.6) is 0 Å². The summed E-state index contributed by atoms with van der Waals surface area (Å²) >= 11 is 0. The zero-order chi connectivity index (χ0) is 15.2. The maximum absolute atomic E-state index is 13.6. The Bertz CT molecular complexity index is 444. The molecule has 1 N–H and O–H groups in total. The molecule has 0 aliphatic heterocycles. The smallest absolute Gasteiger partial charge is 0.123 e. The number of hydrogen-bond donors (Lipinski definition) is 1. The molecule has 0 bridgehead atoms. The third-order valence-electron chi connectivity index (χ3n) is 3.85. The molecule has 21 heavy (non-hydrogen) atoms. The lowest BCUT2D eigenvalue weighted by atomic mass is 10.1. The predicted molar refractivity (Wildman–Crippen MR) is 87.3 cm³/mol. The Morgan fingerprint density at radius 3 is 2.57 bits per heavy atom. The number of anilines is 1. The number of hydrogen-bond acceptors (Lipinski definition) is 3. The van der Waals surface area contributed by atoms with Crippen molar-refractivity contribution in [2.75, 3.05) is 38.6 Å². The normalized spacial score (nSPS) is 14.7. The molecule has 2 rings (SSSR count). The first-order valence-electron chi connectivity index (χ1n) is 8.01. The van der Waals surface area contributed by atoms with Gasteiger partial charge in [-0.1, -0.05) is 6.92 Å². The van der Waals surface area contributed by atoms with Crippen LogP contribution in [0.3, 0.4) is 0 Å². The van der Waals surface area contributed by atoms with E-state index in [-0.39, 0.29) is 5.82 Å². The van der Waals surface area contributed by atoms with Crippen molar-refractivity contribution in [3.63, 3.8) is 0 Å². The van der Waals surface area contributed by atoms with Gasteiger partial charge in [-0.15, -0.1) is 0 Å². The Balaban J connectivity index is 2.11. The van der Waals surface area contributed by atoms with Crippen molar-refractivity contribution >= 4 is 5.69 Å². The average Bonchev–Trinajstić information content (AvgIpc) is 3.25. The molecule has 0 radical (unpaired) electrons. The van der Waals surface area contributed by atoms with Crippen molar-refractivity contribution in [2.24, 2.45) is 0 Å². The molecule has 0 amide bonds. The van der Waals surface area contributed by atoms with Gasteiger partial charge in [0.05, 0.1) is 0 Å². The Kier molecular flexibility index (Phi) is 6.00. The Morgan fingerprint density at radius 2 is 1.95 bits per heavy atom. The van der Waals surface area contributed by atoms with Crippen LogP contribution < -0.4 is 10.2 Å². The van der Waals surface area contributed by atoms with Crippen LogP contribution in [0.1, 0.15) is 31.7 Å². The van der Waals surface area contributed by atoms with E-state index in [1.165, 1.54) is 18.5 Å². The molecule has 118 valence electrons. The summed E-state index contributed by atoms with van der Waals surface area (Å²) in [6.07, 6.45) is 3.61. The first-order chi connectivity index (χ1) is 10.1. The minimum absolute atomic E-state index is 0.143. The molecule has 4 heteroatoms. The Morgan fingerprint density at radius 1 is 1.19 bits per heavy atom. The second-order valence-electron chi connectivity index (χ2n) is 6.22. The van der Waals surface area contributed by atoms with E-state index < -0.39 is 0 Å². The van der Waals surface area contributed by atoms with Gasteiger partial charge in [0.1, 0.15) is 5.82 Å². The molecular formula is C17H28FN3. The van der Waals surface area contributed by atoms with Crippen LogP contribution in [0.2, 0.25) is 0 Å². The Hall–Kier alpha value is -1.13. The van der Waals surface area contributed by atoms with Gasteiger partial charge >= 0.3 is 0 Å². The van der Waals surface area contributed by atoms with E-state index in [1.807, 2.05) is 6.07 Å². The van der Waals surface area contributed by atoms with E-state index >= 15 is 0 Å². The maximum Gasteiger partial charge on any atom is 0.123 e. The summed E-state index contributed by atoms with van der Waals surface area (Å²) in [7, 11) is 4.18. The Labute approximate surface area is 128 Å². The largest absolute Gasteiger partial charge is 0.370 e. The summed E-state index contributed by atoms with van der Waals surface area (Å²) in [5.74, 6) is -0.143. The summed E-state index contributed by atoms with van der Waals surface area (Å²) in [5.41, 5.74) is 2.25. The molecule has 1 aliphatic carbocycles. The highest BCUT2D eigenvalue weighted by Crippen LogP contribution is 2.25. The third-order valence-corrected chi connectivity index (χ3v) is 3.85. The second-order valence-corrected chi connectivity index (χ2v) is 6.22. The standard InChI is InChI=1S/C17H28FN3/c1-4-9-21(11-10-20(2)3)17-8-5-15(18)12-14(17)13-19-16-6-7-16/h5,8,12,16,19H,4,6-7,9-11,13H2,1-3H3. The molecule has 0 atom stereocenters. The zero-order valence-corrected chi connectivity index (χ0v) is 13.5. The van der Waals surface area contributed by atoms with Crippen LogP contribution in [0.15, 0.2) is 18.2 Å². The predicted octanol–water partition coefficient (Wildman–Crippen LogP) is 2.86. The minimum Gasteiger partial charge on any atom is -0.370 e. The SMILES string of the molecule is CCCN(CCN(C)C)c1ccc(F)cc1CNC1CC1. The van der Waals surface area contributed by atoms with E-state index in [9.17, 15) is 4.39 Å². The number of nitrogens with one attached hydrogen (secondary N) is 1. The summed E-state index contributed by atoms with van der Waals surface area (Å²) in [6, 6.07) is 5.84. The fourth-order valence-electron chi connectivity index (χ4n) is 2.49. The molecule has 0 saturated heterocycles. The van der Waals surface area contributed by atoms with Crippen molar-refractivity contribution in [3.8, 4) is 0 Å². The van der Waals surface area contributed by atoms with E-state index in [4.69, 9.17) is 0 Å². The summed E-state index contributed by atoms with van der Waals surface area (Å²) in [6.45, 7) is 5.94. The van der Waals surface area contributed by atoms with Gasteiger partial charge < -0.3 is 15.1 Å². The highest BCUT2D eigenvalue weighted by molar-refractivity contribution is 5.54. The number of nitrogens with zero attached hydrogens (tertiary/aromatic N) is 2. The third kappa shape index (κ3) is 5.29. The number of benzene rings is 1. The van der Waals surface area contributed by atoms with Crippen LogP contribution in [0, 0.1) is 5.82 Å². The van der Waals surface area contributed by atoms with Crippen molar-refractivity contribution < 1.29 is 4.39 Å². The first kappa shape index (κ1) is 16.2. The molecule has 1 aliphatic rings. The van der Waals surface area contributed by atoms with Crippen LogP contribution in [-0.4, -0.2) is 44.7 Å². The van der Waals surface area contributed by atoms with Crippen LogP contribution in [0.25, 0.3) is 0 Å². The topological polar surface area (TPSA) is 18.5 Å². The van der Waals surface area contributed by atoms with Crippen molar-refractivity contribution in [3.05, 3.63) is 29.6 Å². The number of rotatable bonds is 9. The lowest BCUT2D eigenvalue weighted by Gasteiger charge is -2.28. The number of halogens is 1. The summed E-state index contributed by atoms with van der Waals surface area (Å²) < 4.78 is 13.6. The highest BCUT2D eigenvalue weighted by Gasteiger charge is 2.21. The lowest BCUT2D eigenvalue weighted by molar-refractivity contribution is 0.412. The van der Waals surface area contributed by atoms with Crippen molar-refractivity contribution in [1.82, 2.24) is 10.2 Å². The van der Waals surface area contributed by atoms with Gasteiger partial charge in [-0.3, -0.25) is 0 Å². The molecule has 0 unspecified atom stereocenters. The van der Waals surface area contributed by atoms with Gasteiger partial charge in [-0.25, -0.2) is 4.39 Å². The van der Waals surface area contributed by atoms with Gasteiger partial charge in [0, 0.05) is 37.9 Å². The van der Waals surface area contributed by atoms with Gasteiger partial charge in [0.25, 0.3) is 0 Å². The molecule has 0 spiro atoms. The molecule has 1 aromatic carbocycles. The maximum atomic E-state index is 13.6. The van der Waals surface area contributed by atoms with Crippen molar-refractivity contribution in [1.29, 1.82) is 0 Å². The quantitative estimate of drug-likeness (QED) is 0.755. The molecule has 1 saturated carbocycles. The van der Waals surface area contributed by atoms with E-state index in [2.05, 4.69) is 36.1 Å². The molecule has 1 aromatic rings. The monoisotopic (exact) mass is 293 g/mol. The van der Waals surface area contributed by atoms with Gasteiger partial charge in [0.2, 0.25) is 0 Å². The highest BCUT2D eigenvalue weighted by atomic mass is 19.1. The fraction of sp³-hybridized carbons (Fsp3) is 0.647. The summed E-state index contributed by atoms with van der Waals surface area (Å²) in [5, 5.41) is 3.50. The van der Waals surface area contributed by atoms with E-state index in [0.29, 0.717) is 6.04 Å². The minimum atomic E-state index is -0.143. The average molecular weight is 293 g/mol. The van der Waals surface area contributed by atoms with Gasteiger partial charge in [-0.2, -0.15) is 0 Å². The van der Waals surface area contributed by atoms with E-state index in [1.54, 1.807) is 12.1 Å². The molecular weight excluding hydrogens is 265 g/mol. The molecule has 0 aromatic heterocycles. The molecule has 1 fully saturated rings. The fourth-order valence-corrected chi connectivity index (χ4v) is 2.49. The first-order valence-corrected chi connectivity index (χ1v) is 8.01. The summed E-state index contributed by atoms with van der Waals surface area (Å²) in [4.78, 5) is 4.57. The van der Waals surface area contributed by atoms with Gasteiger partial charge in [0.15, 0.2) is 0 Å². The van der Waals surface area contributed by atoms with Gasteiger partial charge in [-0.05, 0) is 57.1 Å². The molecule has 0 heterocycles. The van der Waals surface area contributed by atoms with E-state index in [0.717, 1.165) is 38.2 Å². The van der Waals surface area contributed by atoms with Crippen LogP contribution >= 0.6 is 0 Å².